The van der Waals surface area contributed by atoms with Gasteiger partial charge in [0.2, 0.25) is 0 Å². The fourth-order valence-corrected chi connectivity index (χ4v) is 1.46. The summed E-state index contributed by atoms with van der Waals surface area (Å²) in [6, 6.07) is 0.452. The molecule has 4 nitrogen and oxygen atoms in total. The van der Waals surface area contributed by atoms with E-state index in [-0.39, 0.29) is 12.1 Å². The molecule has 76 valence electrons. The topological polar surface area (TPSA) is 53.2 Å². The van der Waals surface area contributed by atoms with Crippen molar-refractivity contribution < 1.29 is 4.79 Å². The first kappa shape index (κ1) is 10.3. The Kier molecular flexibility index (Phi) is 4.02. The average molecular weight is 185 g/mol. The Balaban J connectivity index is 2.18. The van der Waals surface area contributed by atoms with Crippen LogP contribution in [-0.4, -0.2) is 31.2 Å². The van der Waals surface area contributed by atoms with Gasteiger partial charge in [-0.05, 0) is 33.2 Å². The zero-order valence-corrected chi connectivity index (χ0v) is 8.39. The van der Waals surface area contributed by atoms with Crippen LogP contribution >= 0.6 is 0 Å². The highest BCUT2D eigenvalue weighted by Gasteiger charge is 2.14. The lowest BCUT2D eigenvalue weighted by atomic mass is 10.1. The molecule has 1 atom stereocenters. The largest absolute Gasteiger partial charge is 0.336 e. The van der Waals surface area contributed by atoms with Crippen LogP contribution in [-0.2, 0) is 0 Å². The smallest absolute Gasteiger partial charge is 0.315 e. The van der Waals surface area contributed by atoms with E-state index in [1.165, 1.54) is 0 Å². The predicted molar refractivity (Wildman–Crippen MR) is 52.7 cm³/mol. The van der Waals surface area contributed by atoms with E-state index < -0.39 is 0 Å². The Morgan fingerprint density at radius 3 is 2.85 bits per heavy atom. The Morgan fingerprint density at radius 1 is 1.54 bits per heavy atom. The number of urea groups is 1. The van der Waals surface area contributed by atoms with Crippen molar-refractivity contribution in [2.24, 2.45) is 0 Å². The highest BCUT2D eigenvalue weighted by molar-refractivity contribution is 5.74. The first-order chi connectivity index (χ1) is 6.18. The Morgan fingerprint density at radius 2 is 2.31 bits per heavy atom. The number of nitrogens with one attached hydrogen (secondary N) is 3. The van der Waals surface area contributed by atoms with Gasteiger partial charge in [0.25, 0.3) is 0 Å². The van der Waals surface area contributed by atoms with E-state index in [0.717, 1.165) is 25.9 Å². The lowest BCUT2D eigenvalue weighted by Gasteiger charge is -2.24. The second-order valence-electron chi connectivity index (χ2n) is 3.82. The molecule has 1 heterocycles. The van der Waals surface area contributed by atoms with Crippen molar-refractivity contribution in [3.8, 4) is 0 Å². The molecular formula is C9H19N3O. The standard InChI is InChI=1S/C9H19N3O/c1-7(2)11-9(13)12-8-4-3-5-10-6-8/h7-8,10H,3-6H2,1-2H3,(H2,11,12,13). The number of carbonyl (C=O) groups is 1. The van der Waals surface area contributed by atoms with Crippen LogP contribution in [0.25, 0.3) is 0 Å². The van der Waals surface area contributed by atoms with Crippen LogP contribution in [0.2, 0.25) is 0 Å². The lowest BCUT2D eigenvalue weighted by molar-refractivity contribution is 0.231. The Labute approximate surface area is 79.5 Å². The van der Waals surface area contributed by atoms with Crippen LogP contribution < -0.4 is 16.0 Å². The van der Waals surface area contributed by atoms with E-state index in [2.05, 4.69) is 16.0 Å². The highest BCUT2D eigenvalue weighted by Crippen LogP contribution is 2.00. The molecule has 0 radical (unpaired) electrons. The molecule has 1 rings (SSSR count). The molecule has 13 heavy (non-hydrogen) atoms. The van der Waals surface area contributed by atoms with Crippen LogP contribution in [0, 0.1) is 0 Å². The number of hydrogen-bond donors (Lipinski definition) is 3. The number of amides is 2. The average Bonchev–Trinajstić information content (AvgIpc) is 2.04. The van der Waals surface area contributed by atoms with Gasteiger partial charge in [0.15, 0.2) is 0 Å². The van der Waals surface area contributed by atoms with Crippen LogP contribution in [0.5, 0.6) is 0 Å². The molecule has 4 heteroatoms. The van der Waals surface area contributed by atoms with Crippen molar-refractivity contribution in [1.29, 1.82) is 0 Å². The fourth-order valence-electron chi connectivity index (χ4n) is 1.46. The van der Waals surface area contributed by atoms with E-state index in [9.17, 15) is 4.79 Å². The van der Waals surface area contributed by atoms with Gasteiger partial charge >= 0.3 is 6.03 Å². The summed E-state index contributed by atoms with van der Waals surface area (Å²) in [4.78, 5) is 11.3. The van der Waals surface area contributed by atoms with Gasteiger partial charge in [0.1, 0.15) is 0 Å². The molecule has 1 saturated heterocycles. The van der Waals surface area contributed by atoms with Crippen LogP contribution in [0.4, 0.5) is 4.79 Å². The molecule has 0 saturated carbocycles. The lowest BCUT2D eigenvalue weighted by Crippen LogP contribution is -2.50. The summed E-state index contributed by atoms with van der Waals surface area (Å²) in [5, 5.41) is 9.00. The van der Waals surface area contributed by atoms with Crippen molar-refractivity contribution in [3.05, 3.63) is 0 Å². The summed E-state index contributed by atoms with van der Waals surface area (Å²) in [5.41, 5.74) is 0. The third-order valence-corrected chi connectivity index (χ3v) is 2.05. The Bertz CT molecular complexity index is 164. The maximum atomic E-state index is 11.3. The highest BCUT2D eigenvalue weighted by atomic mass is 16.2. The molecule has 0 aromatic carbocycles. The minimum atomic E-state index is -0.0521. The van der Waals surface area contributed by atoms with Gasteiger partial charge in [-0.3, -0.25) is 0 Å². The summed E-state index contributed by atoms with van der Waals surface area (Å²) < 4.78 is 0. The summed E-state index contributed by atoms with van der Waals surface area (Å²) in [7, 11) is 0. The molecule has 0 bridgehead atoms. The minimum absolute atomic E-state index is 0.0521. The van der Waals surface area contributed by atoms with E-state index in [4.69, 9.17) is 0 Å². The Hall–Kier alpha value is -0.770. The van der Waals surface area contributed by atoms with Gasteiger partial charge in [-0.2, -0.15) is 0 Å². The maximum absolute atomic E-state index is 11.3. The molecule has 1 aliphatic rings. The molecule has 2 amide bonds. The molecule has 1 unspecified atom stereocenters. The number of rotatable bonds is 2. The number of piperidine rings is 1. The van der Waals surface area contributed by atoms with Gasteiger partial charge in [0, 0.05) is 18.6 Å². The van der Waals surface area contributed by atoms with Crippen molar-refractivity contribution in [1.82, 2.24) is 16.0 Å². The van der Waals surface area contributed by atoms with Gasteiger partial charge < -0.3 is 16.0 Å². The first-order valence-corrected chi connectivity index (χ1v) is 4.96. The molecule has 1 fully saturated rings. The fraction of sp³-hybridized carbons (Fsp3) is 0.889. The van der Waals surface area contributed by atoms with E-state index >= 15 is 0 Å². The maximum Gasteiger partial charge on any atom is 0.315 e. The summed E-state index contributed by atoms with van der Waals surface area (Å²) in [5.74, 6) is 0. The number of carbonyl (C=O) groups excluding carboxylic acids is 1. The predicted octanol–water partition coefficient (Wildman–Crippen LogP) is 0.446. The van der Waals surface area contributed by atoms with Crippen molar-refractivity contribution in [3.63, 3.8) is 0 Å². The second-order valence-corrected chi connectivity index (χ2v) is 3.82. The third kappa shape index (κ3) is 4.12. The van der Waals surface area contributed by atoms with E-state index in [1.807, 2.05) is 13.8 Å². The molecule has 0 aliphatic carbocycles. The number of hydrogen-bond acceptors (Lipinski definition) is 2. The van der Waals surface area contributed by atoms with Crippen LogP contribution in [0.1, 0.15) is 26.7 Å². The van der Waals surface area contributed by atoms with Crippen LogP contribution in [0.3, 0.4) is 0 Å². The zero-order valence-electron chi connectivity index (χ0n) is 8.39. The van der Waals surface area contributed by atoms with E-state index in [0.29, 0.717) is 6.04 Å². The molecule has 1 aliphatic heterocycles. The quantitative estimate of drug-likeness (QED) is 0.585. The minimum Gasteiger partial charge on any atom is -0.336 e. The summed E-state index contributed by atoms with van der Waals surface area (Å²) in [6.45, 7) is 5.88. The molecule has 0 spiro atoms. The molecule has 3 N–H and O–H groups in total. The molecular weight excluding hydrogens is 166 g/mol. The molecule has 0 aromatic heterocycles. The third-order valence-electron chi connectivity index (χ3n) is 2.05. The van der Waals surface area contributed by atoms with Gasteiger partial charge in [-0.25, -0.2) is 4.79 Å². The SMILES string of the molecule is CC(C)NC(=O)NC1CCCNC1. The van der Waals surface area contributed by atoms with Crippen molar-refractivity contribution >= 4 is 6.03 Å². The van der Waals surface area contributed by atoms with Gasteiger partial charge in [-0.1, -0.05) is 0 Å². The zero-order chi connectivity index (χ0) is 9.68. The van der Waals surface area contributed by atoms with E-state index in [1.54, 1.807) is 0 Å². The van der Waals surface area contributed by atoms with Gasteiger partial charge in [-0.15, -0.1) is 0 Å². The summed E-state index contributed by atoms with van der Waals surface area (Å²) >= 11 is 0. The summed E-state index contributed by atoms with van der Waals surface area (Å²) in [6.07, 6.45) is 2.23. The second kappa shape index (κ2) is 5.07. The van der Waals surface area contributed by atoms with Gasteiger partial charge in [0.05, 0.1) is 0 Å². The van der Waals surface area contributed by atoms with Crippen molar-refractivity contribution in [2.45, 2.75) is 38.8 Å². The molecule has 0 aromatic rings. The van der Waals surface area contributed by atoms with Crippen molar-refractivity contribution in [2.75, 3.05) is 13.1 Å². The normalized spacial score (nSPS) is 22.8. The van der Waals surface area contributed by atoms with Crippen LogP contribution in [0.15, 0.2) is 0 Å². The monoisotopic (exact) mass is 185 g/mol. The first-order valence-electron chi connectivity index (χ1n) is 4.96.